The van der Waals surface area contributed by atoms with Gasteiger partial charge in [0, 0.05) is 18.9 Å². The molecule has 0 aromatic carbocycles. The van der Waals surface area contributed by atoms with E-state index in [-0.39, 0.29) is 18.9 Å². The zero-order valence-corrected chi connectivity index (χ0v) is 8.38. The molecule has 0 spiro atoms. The summed E-state index contributed by atoms with van der Waals surface area (Å²) >= 11 is 0. The number of amides is 1. The number of hydrogen-bond acceptors (Lipinski definition) is 3. The summed E-state index contributed by atoms with van der Waals surface area (Å²) in [4.78, 5) is 27.0. The number of nitrogens with zero attached hydrogens (tertiary/aromatic N) is 2. The van der Waals surface area contributed by atoms with E-state index in [0.717, 1.165) is 4.90 Å². The SMILES string of the molecule is CN(CC(=O)O)C(=O)Cc1ccccn1. The lowest BCUT2D eigenvalue weighted by Crippen LogP contribution is -2.33. The molecule has 1 rings (SSSR count). The third-order valence-corrected chi connectivity index (χ3v) is 1.86. The third-order valence-electron chi connectivity index (χ3n) is 1.86. The predicted octanol–water partition coefficient (Wildman–Crippen LogP) is 0.167. The van der Waals surface area contributed by atoms with E-state index in [1.807, 2.05) is 0 Å². The van der Waals surface area contributed by atoms with Crippen LogP contribution < -0.4 is 0 Å². The number of pyridine rings is 1. The Balaban J connectivity index is 2.52. The summed E-state index contributed by atoms with van der Waals surface area (Å²) < 4.78 is 0. The van der Waals surface area contributed by atoms with Crippen LogP contribution in [-0.2, 0) is 16.0 Å². The molecular weight excluding hydrogens is 196 g/mol. The van der Waals surface area contributed by atoms with Gasteiger partial charge in [-0.05, 0) is 12.1 Å². The molecule has 0 fully saturated rings. The minimum Gasteiger partial charge on any atom is -0.480 e. The summed E-state index contributed by atoms with van der Waals surface area (Å²) in [6.07, 6.45) is 1.73. The average molecular weight is 208 g/mol. The van der Waals surface area contributed by atoms with Gasteiger partial charge in [0.2, 0.25) is 5.91 Å². The molecule has 0 aliphatic heterocycles. The van der Waals surface area contributed by atoms with E-state index >= 15 is 0 Å². The van der Waals surface area contributed by atoms with E-state index in [2.05, 4.69) is 4.98 Å². The van der Waals surface area contributed by atoms with Gasteiger partial charge in [-0.25, -0.2) is 0 Å². The van der Waals surface area contributed by atoms with Crippen LogP contribution in [0, 0.1) is 0 Å². The molecule has 0 aliphatic carbocycles. The molecular formula is C10H12N2O3. The Kier molecular flexibility index (Phi) is 3.79. The minimum absolute atomic E-state index is 0.130. The average Bonchev–Trinajstić information content (AvgIpc) is 2.18. The van der Waals surface area contributed by atoms with Crippen LogP contribution in [0.25, 0.3) is 0 Å². The van der Waals surface area contributed by atoms with Crippen molar-refractivity contribution in [2.75, 3.05) is 13.6 Å². The molecule has 5 heteroatoms. The van der Waals surface area contributed by atoms with Gasteiger partial charge >= 0.3 is 5.97 Å². The van der Waals surface area contributed by atoms with Crippen molar-refractivity contribution in [1.29, 1.82) is 0 Å². The quantitative estimate of drug-likeness (QED) is 0.765. The van der Waals surface area contributed by atoms with E-state index in [0.29, 0.717) is 5.69 Å². The van der Waals surface area contributed by atoms with Crippen molar-refractivity contribution in [2.45, 2.75) is 6.42 Å². The normalized spacial score (nSPS) is 9.67. The van der Waals surface area contributed by atoms with Crippen LogP contribution in [0.1, 0.15) is 5.69 Å². The molecule has 0 saturated heterocycles. The van der Waals surface area contributed by atoms with Gasteiger partial charge in [0.05, 0.1) is 6.42 Å². The molecule has 15 heavy (non-hydrogen) atoms. The van der Waals surface area contributed by atoms with Gasteiger partial charge in [-0.1, -0.05) is 6.07 Å². The highest BCUT2D eigenvalue weighted by Gasteiger charge is 2.12. The predicted molar refractivity (Wildman–Crippen MR) is 53.2 cm³/mol. The van der Waals surface area contributed by atoms with Gasteiger partial charge in [-0.3, -0.25) is 14.6 Å². The van der Waals surface area contributed by atoms with Crippen molar-refractivity contribution < 1.29 is 14.7 Å². The fraction of sp³-hybridized carbons (Fsp3) is 0.300. The first-order valence-corrected chi connectivity index (χ1v) is 4.45. The smallest absolute Gasteiger partial charge is 0.323 e. The molecule has 0 atom stereocenters. The Bertz CT molecular complexity index is 351. The molecule has 1 aromatic rings. The molecule has 1 heterocycles. The second-order valence-corrected chi connectivity index (χ2v) is 3.14. The third kappa shape index (κ3) is 3.76. The highest BCUT2D eigenvalue weighted by atomic mass is 16.4. The summed E-state index contributed by atoms with van der Waals surface area (Å²) in [5.74, 6) is -1.28. The molecule has 0 radical (unpaired) electrons. The number of rotatable bonds is 4. The van der Waals surface area contributed by atoms with Gasteiger partial charge in [0.25, 0.3) is 0 Å². The lowest BCUT2D eigenvalue weighted by molar-refractivity contribution is -0.143. The van der Waals surface area contributed by atoms with Crippen molar-refractivity contribution in [3.63, 3.8) is 0 Å². The van der Waals surface area contributed by atoms with Crippen molar-refractivity contribution >= 4 is 11.9 Å². The van der Waals surface area contributed by atoms with Crippen molar-refractivity contribution in [2.24, 2.45) is 0 Å². The number of aromatic nitrogens is 1. The molecule has 0 saturated carbocycles. The van der Waals surface area contributed by atoms with Gasteiger partial charge in [0.15, 0.2) is 0 Å². The van der Waals surface area contributed by atoms with Crippen LogP contribution in [0.3, 0.4) is 0 Å². The molecule has 0 bridgehead atoms. The second kappa shape index (κ2) is 5.09. The first-order valence-electron chi connectivity index (χ1n) is 4.45. The van der Waals surface area contributed by atoms with Crippen LogP contribution in [0.2, 0.25) is 0 Å². The van der Waals surface area contributed by atoms with Crippen molar-refractivity contribution in [3.8, 4) is 0 Å². The van der Waals surface area contributed by atoms with E-state index in [4.69, 9.17) is 5.11 Å². The fourth-order valence-electron chi connectivity index (χ4n) is 1.08. The highest BCUT2D eigenvalue weighted by Crippen LogP contribution is 1.97. The van der Waals surface area contributed by atoms with Gasteiger partial charge in [-0.2, -0.15) is 0 Å². The molecule has 0 unspecified atom stereocenters. The Morgan fingerprint density at radius 1 is 1.47 bits per heavy atom. The summed E-state index contributed by atoms with van der Waals surface area (Å²) in [5, 5.41) is 8.49. The Labute approximate surface area is 87.4 Å². The topological polar surface area (TPSA) is 70.5 Å². The van der Waals surface area contributed by atoms with Crippen LogP contribution in [0.15, 0.2) is 24.4 Å². The first kappa shape index (κ1) is 11.2. The first-order chi connectivity index (χ1) is 7.09. The van der Waals surface area contributed by atoms with Gasteiger partial charge in [-0.15, -0.1) is 0 Å². The number of carbonyl (C=O) groups excluding carboxylic acids is 1. The number of carbonyl (C=O) groups is 2. The maximum absolute atomic E-state index is 11.5. The van der Waals surface area contributed by atoms with Crippen LogP contribution in [0.4, 0.5) is 0 Å². The molecule has 0 aliphatic rings. The van der Waals surface area contributed by atoms with Gasteiger partial charge in [0.1, 0.15) is 6.54 Å². The second-order valence-electron chi connectivity index (χ2n) is 3.14. The van der Waals surface area contributed by atoms with Crippen molar-refractivity contribution in [3.05, 3.63) is 30.1 Å². The van der Waals surface area contributed by atoms with E-state index in [1.165, 1.54) is 7.05 Å². The Hall–Kier alpha value is -1.91. The standard InChI is InChI=1S/C10H12N2O3/c1-12(7-10(14)15)9(13)6-8-4-2-3-5-11-8/h2-5H,6-7H2,1H3,(H,14,15). The number of aliphatic carboxylic acids is 1. The molecule has 1 N–H and O–H groups in total. The van der Waals surface area contributed by atoms with E-state index in [1.54, 1.807) is 24.4 Å². The molecule has 1 amide bonds. The van der Waals surface area contributed by atoms with E-state index < -0.39 is 5.97 Å². The highest BCUT2D eigenvalue weighted by molar-refractivity contribution is 5.82. The summed E-state index contributed by atoms with van der Waals surface area (Å²) in [6, 6.07) is 5.27. The van der Waals surface area contributed by atoms with Crippen LogP contribution >= 0.6 is 0 Å². The van der Waals surface area contributed by atoms with Crippen LogP contribution in [-0.4, -0.2) is 40.5 Å². The van der Waals surface area contributed by atoms with Crippen molar-refractivity contribution in [1.82, 2.24) is 9.88 Å². The number of carboxylic acids is 1. The fourth-order valence-corrected chi connectivity index (χ4v) is 1.08. The number of likely N-dealkylation sites (N-methyl/N-ethyl adjacent to an activating group) is 1. The summed E-state index contributed by atoms with van der Waals surface area (Å²) in [7, 11) is 1.46. The zero-order chi connectivity index (χ0) is 11.3. The summed E-state index contributed by atoms with van der Waals surface area (Å²) in [5.41, 5.74) is 0.639. The maximum Gasteiger partial charge on any atom is 0.323 e. The molecule has 5 nitrogen and oxygen atoms in total. The maximum atomic E-state index is 11.5. The molecule has 1 aromatic heterocycles. The van der Waals surface area contributed by atoms with E-state index in [9.17, 15) is 9.59 Å². The largest absolute Gasteiger partial charge is 0.480 e. The summed E-state index contributed by atoms with van der Waals surface area (Å²) in [6.45, 7) is -0.286. The molecule has 80 valence electrons. The Morgan fingerprint density at radius 2 is 2.20 bits per heavy atom. The minimum atomic E-state index is -1.02. The lowest BCUT2D eigenvalue weighted by atomic mass is 10.2. The van der Waals surface area contributed by atoms with Gasteiger partial charge < -0.3 is 10.0 Å². The zero-order valence-electron chi connectivity index (χ0n) is 8.38. The number of hydrogen-bond donors (Lipinski definition) is 1. The monoisotopic (exact) mass is 208 g/mol. The van der Waals surface area contributed by atoms with Crippen LogP contribution in [0.5, 0.6) is 0 Å². The lowest BCUT2D eigenvalue weighted by Gasteiger charge is -2.13. The Morgan fingerprint density at radius 3 is 2.73 bits per heavy atom. The number of carboxylic acid groups (broad SMARTS) is 1.